The third-order valence-corrected chi connectivity index (χ3v) is 5.10. The van der Waals surface area contributed by atoms with Gasteiger partial charge in [-0.05, 0) is 57.9 Å². The Hall–Kier alpha value is -3.12. The standard InChI is InChI=1S/C22H17BrN2O3/c23-17-5-1-4-8-20(17)28-14-15-9-11-16(12-10-15)22(27)25-13-21(26)24-18-6-2-3-7-19(18)25/h1-12H,13-14H2,(H,24,26). The third-order valence-electron chi connectivity index (χ3n) is 4.45. The monoisotopic (exact) mass is 436 g/mol. The van der Waals surface area contributed by atoms with Gasteiger partial charge in [-0.2, -0.15) is 0 Å². The molecule has 140 valence electrons. The maximum Gasteiger partial charge on any atom is 0.258 e. The van der Waals surface area contributed by atoms with E-state index in [2.05, 4.69) is 21.2 Å². The summed E-state index contributed by atoms with van der Waals surface area (Å²) < 4.78 is 6.70. The van der Waals surface area contributed by atoms with Gasteiger partial charge in [0.25, 0.3) is 5.91 Å². The van der Waals surface area contributed by atoms with Crippen LogP contribution in [0.2, 0.25) is 0 Å². The van der Waals surface area contributed by atoms with Crippen molar-refractivity contribution in [2.45, 2.75) is 6.61 Å². The highest BCUT2D eigenvalue weighted by atomic mass is 79.9. The van der Waals surface area contributed by atoms with E-state index in [0.29, 0.717) is 23.5 Å². The van der Waals surface area contributed by atoms with Crippen LogP contribution >= 0.6 is 15.9 Å². The fourth-order valence-electron chi connectivity index (χ4n) is 3.04. The summed E-state index contributed by atoms with van der Waals surface area (Å²) >= 11 is 3.45. The van der Waals surface area contributed by atoms with Crippen LogP contribution in [0.3, 0.4) is 0 Å². The molecule has 0 fully saturated rings. The SMILES string of the molecule is O=C1CN(C(=O)c2ccc(COc3ccccc3Br)cc2)c2ccccc2N1. The van der Waals surface area contributed by atoms with E-state index in [-0.39, 0.29) is 18.4 Å². The second kappa shape index (κ2) is 7.86. The van der Waals surface area contributed by atoms with Crippen molar-refractivity contribution < 1.29 is 14.3 Å². The smallest absolute Gasteiger partial charge is 0.258 e. The van der Waals surface area contributed by atoms with Crippen molar-refractivity contribution in [3.63, 3.8) is 0 Å². The lowest BCUT2D eigenvalue weighted by Gasteiger charge is -2.29. The Bertz CT molecular complexity index is 1030. The molecule has 1 aliphatic heterocycles. The predicted molar refractivity (Wildman–Crippen MR) is 112 cm³/mol. The zero-order valence-corrected chi connectivity index (χ0v) is 16.5. The van der Waals surface area contributed by atoms with Gasteiger partial charge in [0.05, 0.1) is 15.8 Å². The summed E-state index contributed by atoms with van der Waals surface area (Å²) in [5.41, 5.74) is 2.82. The fraction of sp³-hybridized carbons (Fsp3) is 0.0909. The van der Waals surface area contributed by atoms with Gasteiger partial charge in [0.15, 0.2) is 0 Å². The van der Waals surface area contributed by atoms with Crippen molar-refractivity contribution in [1.29, 1.82) is 0 Å². The Morgan fingerprint density at radius 3 is 2.50 bits per heavy atom. The summed E-state index contributed by atoms with van der Waals surface area (Å²) in [6.45, 7) is 0.398. The number of carbonyl (C=O) groups excluding carboxylic acids is 2. The lowest BCUT2D eigenvalue weighted by atomic mass is 10.1. The summed E-state index contributed by atoms with van der Waals surface area (Å²) in [5, 5.41) is 2.79. The van der Waals surface area contributed by atoms with Crippen LogP contribution in [-0.2, 0) is 11.4 Å². The first-order chi connectivity index (χ1) is 13.6. The van der Waals surface area contributed by atoms with E-state index in [9.17, 15) is 9.59 Å². The molecule has 0 radical (unpaired) electrons. The van der Waals surface area contributed by atoms with Crippen LogP contribution in [-0.4, -0.2) is 18.4 Å². The molecule has 5 nitrogen and oxygen atoms in total. The molecule has 2 amide bonds. The molecule has 0 aliphatic carbocycles. The van der Waals surface area contributed by atoms with Gasteiger partial charge < -0.3 is 10.1 Å². The molecule has 6 heteroatoms. The number of ether oxygens (including phenoxy) is 1. The van der Waals surface area contributed by atoms with E-state index < -0.39 is 0 Å². The van der Waals surface area contributed by atoms with Crippen molar-refractivity contribution in [3.05, 3.63) is 88.4 Å². The van der Waals surface area contributed by atoms with Crippen LogP contribution in [0.1, 0.15) is 15.9 Å². The van der Waals surface area contributed by atoms with Crippen LogP contribution in [0.25, 0.3) is 0 Å². The zero-order chi connectivity index (χ0) is 19.5. The van der Waals surface area contributed by atoms with Gasteiger partial charge in [0.1, 0.15) is 18.9 Å². The number of hydrogen-bond donors (Lipinski definition) is 1. The van der Waals surface area contributed by atoms with Crippen molar-refractivity contribution in [2.24, 2.45) is 0 Å². The number of carbonyl (C=O) groups is 2. The molecule has 0 aromatic heterocycles. The number of anilines is 2. The summed E-state index contributed by atoms with van der Waals surface area (Å²) in [6, 6.07) is 22.2. The van der Waals surface area contributed by atoms with Crippen molar-refractivity contribution >= 4 is 39.1 Å². The highest BCUT2D eigenvalue weighted by Crippen LogP contribution is 2.30. The van der Waals surface area contributed by atoms with E-state index in [1.54, 1.807) is 18.2 Å². The Balaban J connectivity index is 1.49. The van der Waals surface area contributed by atoms with E-state index >= 15 is 0 Å². The molecule has 0 saturated heterocycles. The average Bonchev–Trinajstić information content (AvgIpc) is 2.72. The number of rotatable bonds is 4. The highest BCUT2D eigenvalue weighted by Gasteiger charge is 2.27. The zero-order valence-electron chi connectivity index (χ0n) is 14.9. The van der Waals surface area contributed by atoms with Gasteiger partial charge in [0.2, 0.25) is 5.91 Å². The molecule has 0 bridgehead atoms. The molecule has 28 heavy (non-hydrogen) atoms. The van der Waals surface area contributed by atoms with Gasteiger partial charge >= 0.3 is 0 Å². The normalized spacial score (nSPS) is 12.9. The van der Waals surface area contributed by atoms with E-state index in [1.165, 1.54) is 4.90 Å². The molecular formula is C22H17BrN2O3. The van der Waals surface area contributed by atoms with Crippen molar-refractivity contribution in [2.75, 3.05) is 16.8 Å². The first-order valence-electron chi connectivity index (χ1n) is 8.79. The fourth-order valence-corrected chi connectivity index (χ4v) is 3.44. The Labute approximate surface area is 171 Å². The second-order valence-corrected chi connectivity index (χ2v) is 7.23. The number of hydrogen-bond acceptors (Lipinski definition) is 3. The molecule has 0 spiro atoms. The lowest BCUT2D eigenvalue weighted by molar-refractivity contribution is -0.115. The van der Waals surface area contributed by atoms with Gasteiger partial charge in [-0.1, -0.05) is 36.4 Å². The summed E-state index contributed by atoms with van der Waals surface area (Å²) in [6.07, 6.45) is 0. The molecule has 0 atom stereocenters. The topological polar surface area (TPSA) is 58.6 Å². The van der Waals surface area contributed by atoms with Crippen LogP contribution in [0.5, 0.6) is 5.75 Å². The minimum absolute atomic E-state index is 0.00272. The molecule has 4 rings (SSSR count). The van der Waals surface area contributed by atoms with Crippen molar-refractivity contribution in [3.8, 4) is 5.75 Å². The van der Waals surface area contributed by atoms with Gasteiger partial charge in [-0.25, -0.2) is 0 Å². The van der Waals surface area contributed by atoms with E-state index in [1.807, 2.05) is 54.6 Å². The minimum atomic E-state index is -0.208. The molecule has 0 saturated carbocycles. The first kappa shape index (κ1) is 18.3. The van der Waals surface area contributed by atoms with Gasteiger partial charge in [0, 0.05) is 5.56 Å². The second-order valence-electron chi connectivity index (χ2n) is 6.37. The van der Waals surface area contributed by atoms with E-state index in [4.69, 9.17) is 4.74 Å². The molecular weight excluding hydrogens is 420 g/mol. The number of benzene rings is 3. The molecule has 3 aromatic carbocycles. The Kier molecular flexibility index (Phi) is 5.12. The van der Waals surface area contributed by atoms with Crippen LogP contribution in [0.15, 0.2) is 77.3 Å². The largest absolute Gasteiger partial charge is 0.488 e. The lowest BCUT2D eigenvalue weighted by Crippen LogP contribution is -2.42. The van der Waals surface area contributed by atoms with Crippen LogP contribution in [0, 0.1) is 0 Å². The number of nitrogens with zero attached hydrogens (tertiary/aromatic N) is 1. The number of para-hydroxylation sites is 3. The summed E-state index contributed by atoms with van der Waals surface area (Å²) in [7, 11) is 0. The molecule has 1 aliphatic rings. The van der Waals surface area contributed by atoms with E-state index in [0.717, 1.165) is 15.8 Å². The minimum Gasteiger partial charge on any atom is -0.488 e. The highest BCUT2D eigenvalue weighted by molar-refractivity contribution is 9.10. The Morgan fingerprint density at radius 1 is 1.00 bits per heavy atom. The van der Waals surface area contributed by atoms with Crippen molar-refractivity contribution in [1.82, 2.24) is 0 Å². The molecule has 0 unspecified atom stereocenters. The number of fused-ring (bicyclic) bond motifs is 1. The molecule has 1 N–H and O–H groups in total. The number of nitrogens with one attached hydrogen (secondary N) is 1. The number of halogens is 1. The predicted octanol–water partition coefficient (Wildman–Crippen LogP) is 4.63. The van der Waals surface area contributed by atoms with Gasteiger partial charge in [-0.15, -0.1) is 0 Å². The third kappa shape index (κ3) is 3.77. The molecule has 1 heterocycles. The quantitative estimate of drug-likeness (QED) is 0.648. The average molecular weight is 437 g/mol. The maximum absolute atomic E-state index is 13.0. The number of amides is 2. The summed E-state index contributed by atoms with van der Waals surface area (Å²) in [5.74, 6) is 0.352. The maximum atomic E-state index is 13.0. The van der Waals surface area contributed by atoms with Crippen LogP contribution in [0.4, 0.5) is 11.4 Å². The van der Waals surface area contributed by atoms with Gasteiger partial charge in [-0.3, -0.25) is 14.5 Å². The molecule has 3 aromatic rings. The Morgan fingerprint density at radius 2 is 1.71 bits per heavy atom. The van der Waals surface area contributed by atoms with Crippen LogP contribution < -0.4 is 15.0 Å². The summed E-state index contributed by atoms with van der Waals surface area (Å²) in [4.78, 5) is 26.4. The first-order valence-corrected chi connectivity index (χ1v) is 9.58.